The molecule has 0 rings (SSSR count). The van der Waals surface area contributed by atoms with Gasteiger partial charge >= 0.3 is 0 Å². The zero-order chi connectivity index (χ0) is 9.40. The van der Waals surface area contributed by atoms with Crippen LogP contribution in [0.15, 0.2) is 0 Å². The molecule has 0 spiro atoms. The molecule has 0 N–H and O–H groups in total. The van der Waals surface area contributed by atoms with E-state index < -0.39 is 6.29 Å². The molecule has 0 heterocycles. The molecule has 1 unspecified atom stereocenters. The summed E-state index contributed by atoms with van der Waals surface area (Å²) in [6, 6.07) is 0. The summed E-state index contributed by atoms with van der Waals surface area (Å²) in [5.41, 5.74) is 0. The standard InChI is InChI=1S/C10H21O2/c1-4-7-9(8-5-2)12-10(11)6-3/h9-10H,4-8H2,1-3H3. The molecule has 0 aliphatic carbocycles. The Labute approximate surface area is 75.9 Å². The van der Waals surface area contributed by atoms with Gasteiger partial charge < -0.3 is 4.74 Å². The fourth-order valence-corrected chi connectivity index (χ4v) is 1.24. The molecule has 1 atom stereocenters. The van der Waals surface area contributed by atoms with Crippen molar-refractivity contribution in [3.8, 4) is 0 Å². The van der Waals surface area contributed by atoms with Gasteiger partial charge in [-0.05, 0) is 19.3 Å². The van der Waals surface area contributed by atoms with E-state index in [0.717, 1.165) is 25.7 Å². The molecule has 2 heteroatoms. The first-order valence-electron chi connectivity index (χ1n) is 5.05. The maximum Gasteiger partial charge on any atom is 0.191 e. The molecule has 0 aromatic heterocycles. The fourth-order valence-electron chi connectivity index (χ4n) is 1.24. The summed E-state index contributed by atoms with van der Waals surface area (Å²) in [6.45, 7) is 6.11. The van der Waals surface area contributed by atoms with Crippen molar-refractivity contribution < 1.29 is 9.84 Å². The Hall–Kier alpha value is -0.0800. The number of hydrogen-bond acceptors (Lipinski definition) is 1. The summed E-state index contributed by atoms with van der Waals surface area (Å²) in [5.74, 6) is 0. The third-order valence-corrected chi connectivity index (χ3v) is 1.90. The minimum absolute atomic E-state index is 0.197. The lowest BCUT2D eigenvalue weighted by Crippen LogP contribution is -2.20. The normalized spacial score (nSPS) is 13.8. The van der Waals surface area contributed by atoms with Gasteiger partial charge in [-0.25, -0.2) is 5.11 Å². The van der Waals surface area contributed by atoms with E-state index in [1.165, 1.54) is 0 Å². The monoisotopic (exact) mass is 173 g/mol. The van der Waals surface area contributed by atoms with Crippen molar-refractivity contribution in [1.29, 1.82) is 0 Å². The third-order valence-electron chi connectivity index (χ3n) is 1.90. The van der Waals surface area contributed by atoms with Crippen LogP contribution in [0.4, 0.5) is 0 Å². The third kappa shape index (κ3) is 5.56. The van der Waals surface area contributed by atoms with Crippen LogP contribution >= 0.6 is 0 Å². The number of ether oxygens (including phenoxy) is 1. The van der Waals surface area contributed by atoms with Crippen LogP contribution in [0.5, 0.6) is 0 Å². The van der Waals surface area contributed by atoms with E-state index in [2.05, 4.69) is 13.8 Å². The molecule has 2 nitrogen and oxygen atoms in total. The Morgan fingerprint density at radius 1 is 1.08 bits per heavy atom. The minimum atomic E-state index is -0.812. The van der Waals surface area contributed by atoms with Crippen molar-refractivity contribution in [2.45, 2.75) is 65.3 Å². The van der Waals surface area contributed by atoms with E-state index in [1.54, 1.807) is 0 Å². The van der Waals surface area contributed by atoms with Gasteiger partial charge in [-0.2, -0.15) is 0 Å². The first-order valence-corrected chi connectivity index (χ1v) is 5.05. The summed E-state index contributed by atoms with van der Waals surface area (Å²) >= 11 is 0. The van der Waals surface area contributed by atoms with Crippen LogP contribution in [0.2, 0.25) is 0 Å². The van der Waals surface area contributed by atoms with Crippen LogP contribution in [-0.4, -0.2) is 12.4 Å². The maximum absolute atomic E-state index is 11.0. The van der Waals surface area contributed by atoms with Crippen molar-refractivity contribution in [1.82, 2.24) is 0 Å². The van der Waals surface area contributed by atoms with Crippen LogP contribution in [0.3, 0.4) is 0 Å². The lowest BCUT2D eigenvalue weighted by Gasteiger charge is -2.18. The number of rotatable bonds is 7. The first-order chi connectivity index (χ1) is 5.74. The fraction of sp³-hybridized carbons (Fsp3) is 1.00. The van der Waals surface area contributed by atoms with E-state index in [4.69, 9.17) is 4.74 Å². The summed E-state index contributed by atoms with van der Waals surface area (Å²) < 4.78 is 5.32. The van der Waals surface area contributed by atoms with Gasteiger partial charge in [-0.15, -0.1) is 0 Å². The molecule has 0 amide bonds. The molecular weight excluding hydrogens is 152 g/mol. The molecule has 12 heavy (non-hydrogen) atoms. The number of hydrogen-bond donors (Lipinski definition) is 0. The molecule has 0 aliphatic rings. The molecule has 0 aromatic carbocycles. The summed E-state index contributed by atoms with van der Waals surface area (Å²) in [6.07, 6.45) is 4.20. The van der Waals surface area contributed by atoms with E-state index in [0.29, 0.717) is 6.42 Å². The van der Waals surface area contributed by atoms with Gasteiger partial charge in [0, 0.05) is 0 Å². The molecule has 0 saturated carbocycles. The Kier molecular flexibility index (Phi) is 7.51. The molecule has 1 radical (unpaired) electrons. The van der Waals surface area contributed by atoms with Crippen LogP contribution < -0.4 is 0 Å². The average molecular weight is 173 g/mol. The largest absolute Gasteiger partial charge is 0.346 e. The van der Waals surface area contributed by atoms with Gasteiger partial charge in [0.25, 0.3) is 0 Å². The van der Waals surface area contributed by atoms with Crippen LogP contribution in [0, 0.1) is 0 Å². The van der Waals surface area contributed by atoms with Crippen molar-refractivity contribution in [3.63, 3.8) is 0 Å². The Morgan fingerprint density at radius 2 is 1.58 bits per heavy atom. The second-order valence-corrected chi connectivity index (χ2v) is 3.17. The summed E-state index contributed by atoms with van der Waals surface area (Å²) in [4.78, 5) is 0. The highest BCUT2D eigenvalue weighted by molar-refractivity contribution is 4.56. The van der Waals surface area contributed by atoms with Crippen molar-refractivity contribution in [2.75, 3.05) is 0 Å². The van der Waals surface area contributed by atoms with Crippen LogP contribution in [0.1, 0.15) is 52.9 Å². The second-order valence-electron chi connectivity index (χ2n) is 3.17. The zero-order valence-electron chi connectivity index (χ0n) is 8.51. The lowest BCUT2D eigenvalue weighted by atomic mass is 10.1. The van der Waals surface area contributed by atoms with Crippen LogP contribution in [0.25, 0.3) is 0 Å². The van der Waals surface area contributed by atoms with Crippen LogP contribution in [-0.2, 0) is 9.84 Å². The maximum atomic E-state index is 11.0. The lowest BCUT2D eigenvalue weighted by molar-refractivity contribution is -0.173. The van der Waals surface area contributed by atoms with Crippen molar-refractivity contribution in [3.05, 3.63) is 0 Å². The predicted molar refractivity (Wildman–Crippen MR) is 49.5 cm³/mol. The van der Waals surface area contributed by atoms with Gasteiger partial charge in [-0.1, -0.05) is 33.6 Å². The zero-order valence-corrected chi connectivity index (χ0v) is 8.51. The predicted octanol–water partition coefficient (Wildman–Crippen LogP) is 3.14. The van der Waals surface area contributed by atoms with E-state index in [9.17, 15) is 5.11 Å². The molecule has 73 valence electrons. The Morgan fingerprint density at radius 3 is 1.92 bits per heavy atom. The topological polar surface area (TPSA) is 29.1 Å². The highest BCUT2D eigenvalue weighted by Crippen LogP contribution is 2.12. The van der Waals surface area contributed by atoms with Gasteiger partial charge in [0.15, 0.2) is 6.29 Å². The highest BCUT2D eigenvalue weighted by atomic mass is 16.6. The SMILES string of the molecule is CCCC(CCC)OC([O])CC. The molecule has 0 bridgehead atoms. The minimum Gasteiger partial charge on any atom is -0.346 e. The van der Waals surface area contributed by atoms with Crippen molar-refractivity contribution in [2.24, 2.45) is 0 Å². The van der Waals surface area contributed by atoms with Gasteiger partial charge in [0.1, 0.15) is 0 Å². The highest BCUT2D eigenvalue weighted by Gasteiger charge is 2.12. The van der Waals surface area contributed by atoms with E-state index in [1.807, 2.05) is 6.92 Å². The summed E-state index contributed by atoms with van der Waals surface area (Å²) in [7, 11) is 0. The molecule has 0 saturated heterocycles. The van der Waals surface area contributed by atoms with Crippen molar-refractivity contribution >= 4 is 0 Å². The molecule has 0 aromatic rings. The van der Waals surface area contributed by atoms with Gasteiger partial charge in [0.2, 0.25) is 0 Å². The summed E-state index contributed by atoms with van der Waals surface area (Å²) in [5, 5.41) is 11.0. The smallest absolute Gasteiger partial charge is 0.191 e. The van der Waals surface area contributed by atoms with Gasteiger partial charge in [-0.3, -0.25) is 0 Å². The Balaban J connectivity index is 3.61. The molecule has 0 fully saturated rings. The Bertz CT molecular complexity index is 87.8. The second kappa shape index (κ2) is 7.56. The van der Waals surface area contributed by atoms with E-state index >= 15 is 0 Å². The quantitative estimate of drug-likeness (QED) is 0.544. The van der Waals surface area contributed by atoms with Gasteiger partial charge in [0.05, 0.1) is 6.10 Å². The van der Waals surface area contributed by atoms with E-state index in [-0.39, 0.29) is 6.10 Å². The molecular formula is C10H21O2. The first kappa shape index (κ1) is 11.9. The average Bonchev–Trinajstić information content (AvgIpc) is 2.05. The molecule has 0 aliphatic heterocycles.